The van der Waals surface area contributed by atoms with Crippen LogP contribution in [0.4, 0.5) is 0 Å². The van der Waals surface area contributed by atoms with Crippen LogP contribution in [-0.4, -0.2) is 58.4 Å². The van der Waals surface area contributed by atoms with Crippen molar-refractivity contribution in [3.05, 3.63) is 0 Å². The van der Waals surface area contributed by atoms with E-state index in [0.717, 1.165) is 0 Å². The Kier molecular flexibility index (Phi) is 4.34. The van der Waals surface area contributed by atoms with E-state index in [2.05, 4.69) is 0 Å². The fourth-order valence-corrected chi connectivity index (χ4v) is 3.25. The molecule has 1 saturated heterocycles. The Bertz CT molecular complexity index is 395. The molecule has 0 aromatic rings. The second-order valence-electron chi connectivity index (χ2n) is 6.45. The molecule has 0 bridgehead atoms. The highest BCUT2D eigenvalue weighted by Gasteiger charge is 2.40. The second kappa shape index (κ2) is 5.69. The summed E-state index contributed by atoms with van der Waals surface area (Å²) in [6, 6.07) is 0. The van der Waals surface area contributed by atoms with E-state index in [-0.39, 0.29) is 24.5 Å². The van der Waals surface area contributed by atoms with Crippen LogP contribution in [0.1, 0.15) is 33.1 Å². The number of aliphatic hydroxyl groups excluding tert-OH is 1. The van der Waals surface area contributed by atoms with Crippen molar-refractivity contribution in [2.75, 3.05) is 19.7 Å². The summed E-state index contributed by atoms with van der Waals surface area (Å²) in [7, 11) is 0. The first kappa shape index (κ1) is 15.3. The lowest BCUT2D eigenvalue weighted by atomic mass is 10.00. The lowest BCUT2D eigenvalue weighted by Crippen LogP contribution is -2.56. The molecule has 2 rings (SSSR count). The van der Waals surface area contributed by atoms with Crippen LogP contribution in [0.2, 0.25) is 0 Å². The van der Waals surface area contributed by atoms with Crippen molar-refractivity contribution in [3.8, 4) is 0 Å². The van der Waals surface area contributed by atoms with Gasteiger partial charge in [-0.2, -0.15) is 0 Å². The van der Waals surface area contributed by atoms with Crippen LogP contribution < -0.4 is 0 Å². The molecule has 20 heavy (non-hydrogen) atoms. The molecule has 0 aromatic heterocycles. The van der Waals surface area contributed by atoms with Crippen LogP contribution in [0, 0.1) is 11.8 Å². The quantitative estimate of drug-likeness (QED) is 0.788. The van der Waals surface area contributed by atoms with E-state index in [1.807, 2.05) is 13.8 Å². The molecule has 6 nitrogen and oxygen atoms in total. The van der Waals surface area contributed by atoms with E-state index < -0.39 is 17.5 Å². The van der Waals surface area contributed by atoms with Gasteiger partial charge in [0, 0.05) is 19.0 Å². The molecule has 0 spiro atoms. The lowest BCUT2D eigenvalue weighted by molar-refractivity contribution is -0.169. The minimum absolute atomic E-state index is 0.00331. The van der Waals surface area contributed by atoms with E-state index >= 15 is 0 Å². The SMILES string of the molecule is CC1(C)CN(C(=O)[C@@H]2CC[C@H](C(=O)O)C2)CC(CO)O1. The predicted octanol–water partition coefficient (Wildman–Crippen LogP) is 0.486. The molecule has 1 aliphatic heterocycles. The monoisotopic (exact) mass is 285 g/mol. The van der Waals surface area contributed by atoms with Crippen LogP contribution >= 0.6 is 0 Å². The summed E-state index contributed by atoms with van der Waals surface area (Å²) in [5, 5.41) is 18.3. The van der Waals surface area contributed by atoms with Gasteiger partial charge in [0.1, 0.15) is 0 Å². The first-order valence-corrected chi connectivity index (χ1v) is 7.12. The first-order valence-electron chi connectivity index (χ1n) is 7.12. The Morgan fingerprint density at radius 3 is 2.50 bits per heavy atom. The van der Waals surface area contributed by atoms with Gasteiger partial charge in [-0.05, 0) is 33.1 Å². The molecule has 1 saturated carbocycles. The largest absolute Gasteiger partial charge is 0.481 e. The number of rotatable bonds is 3. The van der Waals surface area contributed by atoms with Crippen molar-refractivity contribution >= 4 is 11.9 Å². The third kappa shape index (κ3) is 3.30. The minimum atomic E-state index is -0.809. The molecular weight excluding hydrogens is 262 g/mol. The number of carbonyl (C=O) groups excluding carboxylic acids is 1. The number of ether oxygens (including phenoxy) is 1. The molecule has 1 unspecified atom stereocenters. The number of carboxylic acid groups (broad SMARTS) is 1. The van der Waals surface area contributed by atoms with E-state index in [9.17, 15) is 14.7 Å². The molecule has 3 atom stereocenters. The summed E-state index contributed by atoms with van der Waals surface area (Å²) in [5.41, 5.74) is -0.480. The number of hydrogen-bond acceptors (Lipinski definition) is 4. The summed E-state index contributed by atoms with van der Waals surface area (Å²) < 4.78 is 5.69. The highest BCUT2D eigenvalue weighted by atomic mass is 16.5. The molecule has 0 radical (unpaired) electrons. The van der Waals surface area contributed by atoms with Gasteiger partial charge in [-0.25, -0.2) is 0 Å². The van der Waals surface area contributed by atoms with Crippen molar-refractivity contribution in [1.82, 2.24) is 4.90 Å². The van der Waals surface area contributed by atoms with Gasteiger partial charge in [0.2, 0.25) is 5.91 Å². The lowest BCUT2D eigenvalue weighted by Gasteiger charge is -2.43. The summed E-state index contributed by atoms with van der Waals surface area (Å²) >= 11 is 0. The molecule has 1 heterocycles. The van der Waals surface area contributed by atoms with Gasteiger partial charge < -0.3 is 19.8 Å². The summed E-state index contributed by atoms with van der Waals surface area (Å²) in [6.45, 7) is 4.53. The highest BCUT2D eigenvalue weighted by Crippen LogP contribution is 2.33. The molecule has 1 aliphatic carbocycles. The topological polar surface area (TPSA) is 87.1 Å². The van der Waals surface area contributed by atoms with Gasteiger partial charge in [0.05, 0.1) is 24.2 Å². The third-order valence-corrected chi connectivity index (χ3v) is 4.13. The van der Waals surface area contributed by atoms with Crippen LogP contribution in [0.3, 0.4) is 0 Å². The second-order valence-corrected chi connectivity index (χ2v) is 6.45. The molecule has 2 aliphatic rings. The number of aliphatic carboxylic acids is 1. The normalized spacial score (nSPS) is 33.1. The zero-order valence-corrected chi connectivity index (χ0v) is 12.0. The van der Waals surface area contributed by atoms with Gasteiger partial charge in [-0.3, -0.25) is 9.59 Å². The highest BCUT2D eigenvalue weighted by molar-refractivity contribution is 5.81. The Labute approximate surface area is 118 Å². The number of carbonyl (C=O) groups is 2. The number of hydrogen-bond donors (Lipinski definition) is 2. The third-order valence-electron chi connectivity index (χ3n) is 4.13. The maximum atomic E-state index is 12.5. The van der Waals surface area contributed by atoms with Crippen LogP contribution in [0.15, 0.2) is 0 Å². The molecule has 2 fully saturated rings. The van der Waals surface area contributed by atoms with Crippen molar-refractivity contribution in [2.45, 2.75) is 44.8 Å². The molecule has 0 aromatic carbocycles. The summed E-state index contributed by atoms with van der Waals surface area (Å²) in [4.78, 5) is 25.2. The van der Waals surface area contributed by atoms with Gasteiger partial charge in [0.25, 0.3) is 0 Å². The number of aliphatic hydroxyl groups is 1. The van der Waals surface area contributed by atoms with Crippen molar-refractivity contribution in [1.29, 1.82) is 0 Å². The number of carboxylic acids is 1. The fraction of sp³-hybridized carbons (Fsp3) is 0.857. The fourth-order valence-electron chi connectivity index (χ4n) is 3.25. The number of amides is 1. The van der Waals surface area contributed by atoms with Crippen LogP contribution in [0.5, 0.6) is 0 Å². The van der Waals surface area contributed by atoms with Crippen molar-refractivity contribution in [3.63, 3.8) is 0 Å². The zero-order chi connectivity index (χ0) is 14.9. The predicted molar refractivity (Wildman–Crippen MR) is 71.1 cm³/mol. The van der Waals surface area contributed by atoms with Crippen molar-refractivity contribution in [2.24, 2.45) is 11.8 Å². The van der Waals surface area contributed by atoms with E-state index in [4.69, 9.17) is 9.84 Å². The zero-order valence-electron chi connectivity index (χ0n) is 12.0. The maximum absolute atomic E-state index is 12.5. The molecule has 114 valence electrons. The maximum Gasteiger partial charge on any atom is 0.306 e. The molecule has 1 amide bonds. The summed E-state index contributed by atoms with van der Waals surface area (Å²) in [5.74, 6) is -1.41. The average molecular weight is 285 g/mol. The smallest absolute Gasteiger partial charge is 0.306 e. The van der Waals surface area contributed by atoms with Gasteiger partial charge in [-0.1, -0.05) is 0 Å². The molecular formula is C14H23NO5. The van der Waals surface area contributed by atoms with Crippen LogP contribution in [-0.2, 0) is 14.3 Å². The Morgan fingerprint density at radius 2 is 1.95 bits per heavy atom. The number of nitrogens with zero attached hydrogens (tertiary/aromatic N) is 1. The summed E-state index contributed by atoms with van der Waals surface area (Å²) in [6.07, 6.45) is 1.27. The van der Waals surface area contributed by atoms with E-state index in [0.29, 0.717) is 32.4 Å². The molecule has 6 heteroatoms. The van der Waals surface area contributed by atoms with Crippen molar-refractivity contribution < 1.29 is 24.5 Å². The minimum Gasteiger partial charge on any atom is -0.481 e. The Hall–Kier alpha value is -1.14. The van der Waals surface area contributed by atoms with Gasteiger partial charge in [-0.15, -0.1) is 0 Å². The number of morpholine rings is 1. The molecule has 2 N–H and O–H groups in total. The van der Waals surface area contributed by atoms with Gasteiger partial charge in [0.15, 0.2) is 0 Å². The average Bonchev–Trinajstić information content (AvgIpc) is 2.85. The first-order chi connectivity index (χ1) is 9.32. The van der Waals surface area contributed by atoms with Gasteiger partial charge >= 0.3 is 5.97 Å². The Balaban J connectivity index is 2.00. The van der Waals surface area contributed by atoms with E-state index in [1.165, 1.54) is 0 Å². The Morgan fingerprint density at radius 1 is 1.30 bits per heavy atom. The van der Waals surface area contributed by atoms with Crippen LogP contribution in [0.25, 0.3) is 0 Å². The van der Waals surface area contributed by atoms with E-state index in [1.54, 1.807) is 4.90 Å². The standard InChI is InChI=1S/C14H23NO5/c1-14(2)8-15(6-11(7-16)20-14)12(17)9-3-4-10(5-9)13(18)19/h9-11,16H,3-8H2,1-2H3,(H,18,19)/t9-,10+,11?/m1/s1.